The first-order chi connectivity index (χ1) is 13.7. The molecule has 0 unspecified atom stereocenters. The van der Waals surface area contributed by atoms with Crippen molar-refractivity contribution in [1.29, 1.82) is 0 Å². The standard InChI is InChI=1S/C22H27ClN2O3/c23-20-14-19(15-21(16-20)27-11-4-12-28-24)22(26)25-9-7-18(8-10-25)13-17-5-2-1-3-6-17/h1-3,5-6,14-16,18H,4,7-13,24H2. The van der Waals surface area contributed by atoms with Crippen LogP contribution in [-0.2, 0) is 11.3 Å². The molecule has 1 heterocycles. The number of carbonyl (C=O) groups is 1. The van der Waals surface area contributed by atoms with Crippen LogP contribution in [0.2, 0.25) is 5.02 Å². The summed E-state index contributed by atoms with van der Waals surface area (Å²) in [5, 5.41) is 0.495. The SMILES string of the molecule is NOCCCOc1cc(Cl)cc(C(=O)N2CCC(Cc3ccccc3)CC2)c1. The van der Waals surface area contributed by atoms with E-state index in [4.69, 9.17) is 22.2 Å². The summed E-state index contributed by atoms with van der Waals surface area (Å²) in [5.74, 6) is 6.22. The van der Waals surface area contributed by atoms with Gasteiger partial charge in [0, 0.05) is 30.1 Å². The maximum Gasteiger partial charge on any atom is 0.254 e. The molecule has 2 N–H and O–H groups in total. The Morgan fingerprint density at radius 2 is 1.86 bits per heavy atom. The molecule has 28 heavy (non-hydrogen) atoms. The molecule has 0 bridgehead atoms. The molecule has 0 saturated carbocycles. The van der Waals surface area contributed by atoms with Crippen LogP contribution in [0.25, 0.3) is 0 Å². The van der Waals surface area contributed by atoms with E-state index in [1.54, 1.807) is 18.2 Å². The maximum atomic E-state index is 12.9. The van der Waals surface area contributed by atoms with Gasteiger partial charge in [0.15, 0.2) is 0 Å². The van der Waals surface area contributed by atoms with Gasteiger partial charge in [0.05, 0.1) is 13.2 Å². The lowest BCUT2D eigenvalue weighted by Gasteiger charge is -2.32. The molecule has 1 saturated heterocycles. The van der Waals surface area contributed by atoms with Gasteiger partial charge in [-0.15, -0.1) is 0 Å². The lowest BCUT2D eigenvalue weighted by atomic mass is 9.90. The monoisotopic (exact) mass is 402 g/mol. The molecule has 6 heteroatoms. The average molecular weight is 403 g/mol. The number of carbonyl (C=O) groups excluding carboxylic acids is 1. The summed E-state index contributed by atoms with van der Waals surface area (Å²) in [6.45, 7) is 2.42. The molecule has 1 amide bonds. The summed E-state index contributed by atoms with van der Waals surface area (Å²) in [6, 6.07) is 15.7. The number of hydrogen-bond donors (Lipinski definition) is 1. The number of nitrogens with zero attached hydrogens (tertiary/aromatic N) is 1. The van der Waals surface area contributed by atoms with Crippen molar-refractivity contribution in [1.82, 2.24) is 4.90 Å². The number of halogens is 1. The Morgan fingerprint density at radius 3 is 2.57 bits per heavy atom. The van der Waals surface area contributed by atoms with Crippen molar-refractivity contribution in [3.8, 4) is 5.75 Å². The van der Waals surface area contributed by atoms with Gasteiger partial charge < -0.3 is 14.5 Å². The zero-order valence-electron chi connectivity index (χ0n) is 16.0. The van der Waals surface area contributed by atoms with Gasteiger partial charge in [0.1, 0.15) is 5.75 Å². The zero-order valence-corrected chi connectivity index (χ0v) is 16.7. The largest absolute Gasteiger partial charge is 0.493 e. The normalized spacial score (nSPS) is 14.9. The summed E-state index contributed by atoms with van der Waals surface area (Å²) in [6.07, 6.45) is 3.78. The van der Waals surface area contributed by atoms with E-state index in [1.807, 2.05) is 11.0 Å². The minimum Gasteiger partial charge on any atom is -0.493 e. The van der Waals surface area contributed by atoms with Gasteiger partial charge in [-0.2, -0.15) is 0 Å². The lowest BCUT2D eigenvalue weighted by molar-refractivity contribution is 0.0690. The highest BCUT2D eigenvalue weighted by molar-refractivity contribution is 6.31. The molecule has 3 rings (SSSR count). The Labute approximate surface area is 171 Å². The Hall–Kier alpha value is -2.08. The van der Waals surface area contributed by atoms with Gasteiger partial charge in [-0.1, -0.05) is 41.9 Å². The first kappa shape index (κ1) is 20.6. The summed E-state index contributed by atoms with van der Waals surface area (Å²) < 4.78 is 5.66. The third-order valence-electron chi connectivity index (χ3n) is 5.06. The van der Waals surface area contributed by atoms with Crippen LogP contribution >= 0.6 is 11.6 Å². The summed E-state index contributed by atoms with van der Waals surface area (Å²) in [7, 11) is 0. The first-order valence-electron chi connectivity index (χ1n) is 9.74. The minimum absolute atomic E-state index is 0.0100. The Bertz CT molecular complexity index is 762. The molecular formula is C22H27ClN2O3. The molecular weight excluding hydrogens is 376 g/mol. The Kier molecular flexibility index (Phi) is 7.71. The molecule has 0 spiro atoms. The second-order valence-corrected chi connectivity index (χ2v) is 7.61. The third kappa shape index (κ3) is 5.96. The van der Waals surface area contributed by atoms with E-state index < -0.39 is 0 Å². The van der Waals surface area contributed by atoms with Crippen LogP contribution in [0, 0.1) is 5.92 Å². The predicted molar refractivity (Wildman–Crippen MR) is 110 cm³/mol. The molecule has 0 radical (unpaired) electrons. The van der Waals surface area contributed by atoms with Crippen LogP contribution in [0.5, 0.6) is 5.75 Å². The second kappa shape index (κ2) is 10.5. The van der Waals surface area contributed by atoms with E-state index in [-0.39, 0.29) is 5.91 Å². The lowest BCUT2D eigenvalue weighted by Crippen LogP contribution is -2.38. The van der Waals surface area contributed by atoms with Crippen LogP contribution in [0.3, 0.4) is 0 Å². The van der Waals surface area contributed by atoms with Crippen molar-refractivity contribution < 1.29 is 14.4 Å². The number of benzene rings is 2. The molecule has 2 aromatic rings. The number of amides is 1. The molecule has 0 aliphatic carbocycles. The van der Waals surface area contributed by atoms with Crippen molar-refractivity contribution in [2.24, 2.45) is 11.8 Å². The van der Waals surface area contributed by atoms with E-state index in [9.17, 15) is 4.79 Å². The molecule has 2 aromatic carbocycles. The molecule has 1 aliphatic rings. The van der Waals surface area contributed by atoms with Crippen molar-refractivity contribution in [3.63, 3.8) is 0 Å². The fraction of sp³-hybridized carbons (Fsp3) is 0.409. The van der Waals surface area contributed by atoms with E-state index in [0.717, 1.165) is 32.4 Å². The molecule has 0 aromatic heterocycles. The first-order valence-corrected chi connectivity index (χ1v) is 10.1. The van der Waals surface area contributed by atoms with Crippen molar-refractivity contribution in [2.45, 2.75) is 25.7 Å². The zero-order chi connectivity index (χ0) is 19.8. The highest BCUT2D eigenvalue weighted by Gasteiger charge is 2.24. The van der Waals surface area contributed by atoms with E-state index in [0.29, 0.717) is 41.9 Å². The number of nitrogens with two attached hydrogens (primary N) is 1. The number of rotatable bonds is 8. The number of hydrogen-bond acceptors (Lipinski definition) is 4. The van der Waals surface area contributed by atoms with Crippen LogP contribution < -0.4 is 10.6 Å². The number of ether oxygens (including phenoxy) is 1. The Balaban J connectivity index is 1.55. The highest BCUT2D eigenvalue weighted by Crippen LogP contribution is 2.26. The molecule has 1 aliphatic heterocycles. The maximum absolute atomic E-state index is 12.9. The van der Waals surface area contributed by atoms with Crippen molar-refractivity contribution >= 4 is 17.5 Å². The quantitative estimate of drug-likeness (QED) is 0.533. The summed E-state index contributed by atoms with van der Waals surface area (Å²) in [4.78, 5) is 19.4. The van der Waals surface area contributed by atoms with Crippen molar-refractivity contribution in [3.05, 3.63) is 64.7 Å². The van der Waals surface area contributed by atoms with Gasteiger partial charge in [0.2, 0.25) is 0 Å². The average Bonchev–Trinajstić information content (AvgIpc) is 2.72. The molecule has 0 atom stereocenters. The molecule has 5 nitrogen and oxygen atoms in total. The second-order valence-electron chi connectivity index (χ2n) is 7.17. The summed E-state index contributed by atoms with van der Waals surface area (Å²) >= 11 is 6.19. The van der Waals surface area contributed by atoms with Gasteiger partial charge in [0.25, 0.3) is 5.91 Å². The van der Waals surface area contributed by atoms with Crippen LogP contribution in [0.15, 0.2) is 48.5 Å². The van der Waals surface area contributed by atoms with E-state index in [1.165, 1.54) is 5.56 Å². The fourth-order valence-electron chi connectivity index (χ4n) is 3.57. The topological polar surface area (TPSA) is 64.8 Å². The smallest absolute Gasteiger partial charge is 0.254 e. The number of piperidine rings is 1. The molecule has 1 fully saturated rings. The predicted octanol–water partition coefficient (Wildman–Crippen LogP) is 4.09. The van der Waals surface area contributed by atoms with Gasteiger partial charge in [-0.25, -0.2) is 5.90 Å². The van der Waals surface area contributed by atoms with Gasteiger partial charge in [-0.3, -0.25) is 4.79 Å². The fourth-order valence-corrected chi connectivity index (χ4v) is 3.80. The van der Waals surface area contributed by atoms with Crippen LogP contribution in [-0.4, -0.2) is 37.1 Å². The van der Waals surface area contributed by atoms with Gasteiger partial charge in [-0.05, 0) is 48.9 Å². The Morgan fingerprint density at radius 1 is 1.11 bits per heavy atom. The van der Waals surface area contributed by atoms with Crippen LogP contribution in [0.1, 0.15) is 35.2 Å². The van der Waals surface area contributed by atoms with E-state index >= 15 is 0 Å². The third-order valence-corrected chi connectivity index (χ3v) is 5.28. The van der Waals surface area contributed by atoms with Crippen LogP contribution in [0.4, 0.5) is 0 Å². The summed E-state index contributed by atoms with van der Waals surface area (Å²) in [5.41, 5.74) is 1.93. The van der Waals surface area contributed by atoms with Gasteiger partial charge >= 0.3 is 0 Å². The van der Waals surface area contributed by atoms with Crippen molar-refractivity contribution in [2.75, 3.05) is 26.3 Å². The van der Waals surface area contributed by atoms with E-state index in [2.05, 4.69) is 29.1 Å². The minimum atomic E-state index is 0.0100. The highest BCUT2D eigenvalue weighted by atomic mass is 35.5. The number of likely N-dealkylation sites (tertiary alicyclic amines) is 1. The molecule has 150 valence electrons.